The molecule has 3 heterocycles. The van der Waals surface area contributed by atoms with Crippen LogP contribution in [0.4, 0.5) is 0 Å². The molecule has 0 aliphatic carbocycles. The molecule has 0 radical (unpaired) electrons. The minimum atomic E-state index is -3.95. The minimum absolute atomic E-state index is 0.000118. The van der Waals surface area contributed by atoms with Gasteiger partial charge in [-0.1, -0.05) is 23.7 Å². The molecule has 2 saturated heterocycles. The van der Waals surface area contributed by atoms with Crippen molar-refractivity contribution in [3.63, 3.8) is 0 Å². The average molecular weight is 533 g/mol. The Balaban J connectivity index is 1.23. The van der Waals surface area contributed by atoms with Crippen LogP contribution in [0, 0.1) is 0 Å². The molecule has 2 aromatic rings. The van der Waals surface area contributed by atoms with Gasteiger partial charge < -0.3 is 24.7 Å². The third kappa shape index (κ3) is 4.53. The van der Waals surface area contributed by atoms with E-state index in [0.717, 1.165) is 5.39 Å². The lowest BCUT2D eigenvalue weighted by atomic mass is 10.0. The van der Waals surface area contributed by atoms with E-state index in [4.69, 9.17) is 11.6 Å². The van der Waals surface area contributed by atoms with Gasteiger partial charge >= 0.3 is 0 Å². The Morgan fingerprint density at radius 2 is 1.78 bits per heavy atom. The van der Waals surface area contributed by atoms with Crippen LogP contribution in [0.5, 0.6) is 0 Å². The quantitative estimate of drug-likeness (QED) is 0.627. The number of nitrogens with zero attached hydrogens (tertiary/aromatic N) is 4. The fourth-order valence-corrected chi connectivity index (χ4v) is 7.08. The molecule has 5 rings (SSSR count). The first-order chi connectivity index (χ1) is 16.9. The predicted molar refractivity (Wildman–Crippen MR) is 136 cm³/mol. The number of fused-ring (bicyclic) bond motifs is 2. The highest BCUT2D eigenvalue weighted by Gasteiger charge is 2.44. The van der Waals surface area contributed by atoms with Crippen molar-refractivity contribution in [2.24, 2.45) is 0 Å². The lowest BCUT2D eigenvalue weighted by Gasteiger charge is -2.39. The third-order valence-electron chi connectivity index (χ3n) is 7.14. The summed E-state index contributed by atoms with van der Waals surface area (Å²) in [6.07, 6.45) is 3.00. The fraction of sp³-hybridized carbons (Fsp3) is 0.440. The summed E-state index contributed by atoms with van der Waals surface area (Å²) in [7, 11) is -2.02. The van der Waals surface area contributed by atoms with Crippen LogP contribution >= 0.6 is 11.6 Å². The summed E-state index contributed by atoms with van der Waals surface area (Å²) < 4.78 is 26.2. The SMILES string of the molecule is CN1C=C2C(=O)N(C3CCN(C(=O)C(C)(O)CS(=O)(=O)c4ccc5cc(Cl)ccc5c4)CC3)CN2C1. The van der Waals surface area contributed by atoms with Crippen LogP contribution in [0.25, 0.3) is 10.8 Å². The standard InChI is InChI=1S/C25H29ClN4O5S/c1-25(33,14-36(34,35)21-6-4-17-11-19(26)5-3-18(17)12-21)24(32)28-9-7-20(8-10-28)30-16-29-15-27(2)13-22(29)23(30)31/h3-6,11-13,20,33H,7-10,14-16H2,1-2H3. The van der Waals surface area contributed by atoms with E-state index in [0.29, 0.717) is 55.4 Å². The number of carbonyl (C=O) groups excluding carboxylic acids is 2. The van der Waals surface area contributed by atoms with Gasteiger partial charge in [-0.25, -0.2) is 8.42 Å². The van der Waals surface area contributed by atoms with E-state index in [9.17, 15) is 23.1 Å². The number of aliphatic hydroxyl groups is 1. The van der Waals surface area contributed by atoms with Crippen LogP contribution in [-0.2, 0) is 19.4 Å². The highest BCUT2D eigenvalue weighted by Crippen LogP contribution is 2.30. The topological polar surface area (TPSA) is 101 Å². The van der Waals surface area contributed by atoms with Crippen LogP contribution in [0.1, 0.15) is 19.8 Å². The van der Waals surface area contributed by atoms with Gasteiger partial charge in [0, 0.05) is 37.4 Å². The Morgan fingerprint density at radius 3 is 2.47 bits per heavy atom. The van der Waals surface area contributed by atoms with Crippen molar-refractivity contribution < 1.29 is 23.1 Å². The third-order valence-corrected chi connectivity index (χ3v) is 9.29. The molecule has 1 N–H and O–H groups in total. The van der Waals surface area contributed by atoms with Crippen molar-refractivity contribution in [2.75, 3.05) is 39.2 Å². The van der Waals surface area contributed by atoms with E-state index in [-0.39, 0.29) is 16.8 Å². The molecule has 2 amide bonds. The molecule has 3 aliphatic heterocycles. The number of benzene rings is 2. The maximum atomic E-state index is 13.2. The summed E-state index contributed by atoms with van der Waals surface area (Å²) in [5.41, 5.74) is -1.39. The van der Waals surface area contributed by atoms with E-state index >= 15 is 0 Å². The first-order valence-corrected chi connectivity index (χ1v) is 13.9. The van der Waals surface area contributed by atoms with Crippen molar-refractivity contribution >= 4 is 44.0 Å². The summed E-state index contributed by atoms with van der Waals surface area (Å²) in [5, 5.41) is 13.0. The van der Waals surface area contributed by atoms with Gasteiger partial charge in [0.1, 0.15) is 5.70 Å². The number of halogens is 1. The summed E-state index contributed by atoms with van der Waals surface area (Å²) in [4.78, 5) is 33.3. The highest BCUT2D eigenvalue weighted by molar-refractivity contribution is 7.91. The number of rotatable bonds is 5. The van der Waals surface area contributed by atoms with Crippen molar-refractivity contribution in [1.29, 1.82) is 0 Å². The zero-order chi connectivity index (χ0) is 25.8. The van der Waals surface area contributed by atoms with Gasteiger partial charge in [0.05, 0.1) is 24.0 Å². The molecule has 0 saturated carbocycles. The van der Waals surface area contributed by atoms with E-state index in [1.165, 1.54) is 24.0 Å². The maximum absolute atomic E-state index is 13.2. The summed E-state index contributed by atoms with van der Waals surface area (Å²) in [5.74, 6) is -1.34. The van der Waals surface area contributed by atoms with Gasteiger partial charge in [0.2, 0.25) is 0 Å². The zero-order valence-electron chi connectivity index (χ0n) is 20.2. The van der Waals surface area contributed by atoms with Crippen molar-refractivity contribution in [2.45, 2.75) is 36.3 Å². The average Bonchev–Trinajstić information content (AvgIpc) is 3.34. The Kier molecular flexibility index (Phi) is 6.17. The number of carbonyl (C=O) groups is 2. The molecule has 2 fully saturated rings. The van der Waals surface area contributed by atoms with Gasteiger partial charge in [-0.05, 0) is 54.8 Å². The summed E-state index contributed by atoms with van der Waals surface area (Å²) >= 11 is 6.01. The lowest BCUT2D eigenvalue weighted by Crippen LogP contribution is -2.55. The first kappa shape index (κ1) is 24.9. The minimum Gasteiger partial charge on any atom is -0.379 e. The molecular formula is C25H29ClN4O5S. The van der Waals surface area contributed by atoms with Gasteiger partial charge in [0.15, 0.2) is 15.4 Å². The van der Waals surface area contributed by atoms with Crippen molar-refractivity contribution in [3.8, 4) is 0 Å². The second-order valence-corrected chi connectivity index (χ2v) is 12.5. The van der Waals surface area contributed by atoms with E-state index < -0.39 is 27.1 Å². The lowest BCUT2D eigenvalue weighted by molar-refractivity contribution is -0.149. The number of hydrogen-bond acceptors (Lipinski definition) is 7. The van der Waals surface area contributed by atoms with Crippen molar-refractivity contribution in [3.05, 3.63) is 53.3 Å². The van der Waals surface area contributed by atoms with Gasteiger partial charge in [-0.2, -0.15) is 0 Å². The molecule has 36 heavy (non-hydrogen) atoms. The molecule has 9 nitrogen and oxygen atoms in total. The smallest absolute Gasteiger partial charge is 0.273 e. The zero-order valence-corrected chi connectivity index (χ0v) is 21.8. The number of piperidine rings is 1. The van der Waals surface area contributed by atoms with E-state index in [2.05, 4.69) is 0 Å². The van der Waals surface area contributed by atoms with E-state index in [1.807, 2.05) is 27.9 Å². The maximum Gasteiger partial charge on any atom is 0.273 e. The fourth-order valence-electron chi connectivity index (χ4n) is 5.29. The second kappa shape index (κ2) is 8.93. The first-order valence-electron chi connectivity index (χ1n) is 11.9. The molecule has 192 valence electrons. The number of sulfone groups is 1. The van der Waals surface area contributed by atoms with Crippen LogP contribution in [-0.4, -0.2) is 95.8 Å². The monoisotopic (exact) mass is 532 g/mol. The van der Waals surface area contributed by atoms with Gasteiger partial charge in [-0.3, -0.25) is 9.59 Å². The molecule has 0 spiro atoms. The Hall–Kier alpha value is -2.82. The van der Waals surface area contributed by atoms with Crippen LogP contribution in [0.2, 0.25) is 5.02 Å². The van der Waals surface area contributed by atoms with E-state index in [1.54, 1.807) is 24.3 Å². The molecule has 1 unspecified atom stereocenters. The number of hydrogen-bond donors (Lipinski definition) is 1. The van der Waals surface area contributed by atoms with Gasteiger partial charge in [-0.15, -0.1) is 0 Å². The summed E-state index contributed by atoms with van der Waals surface area (Å²) in [6, 6.07) is 9.80. The Labute approximate surface area is 215 Å². The Bertz CT molecular complexity index is 1370. The molecular weight excluding hydrogens is 504 g/mol. The van der Waals surface area contributed by atoms with Gasteiger partial charge in [0.25, 0.3) is 11.8 Å². The molecule has 3 aliphatic rings. The molecule has 0 aromatic heterocycles. The largest absolute Gasteiger partial charge is 0.379 e. The molecule has 0 bridgehead atoms. The highest BCUT2D eigenvalue weighted by atomic mass is 35.5. The Morgan fingerprint density at radius 1 is 1.11 bits per heavy atom. The normalized spacial score (nSPS) is 20.7. The van der Waals surface area contributed by atoms with Crippen LogP contribution in [0.3, 0.4) is 0 Å². The molecule has 1 atom stereocenters. The second-order valence-electron chi connectivity index (χ2n) is 10.1. The summed E-state index contributed by atoms with van der Waals surface area (Å²) in [6.45, 7) is 3.15. The van der Waals surface area contributed by atoms with Crippen LogP contribution in [0.15, 0.2) is 53.2 Å². The molecule has 11 heteroatoms. The predicted octanol–water partition coefficient (Wildman–Crippen LogP) is 1.85. The molecule has 2 aromatic carbocycles. The number of likely N-dealkylation sites (tertiary alicyclic amines) is 1. The van der Waals surface area contributed by atoms with Crippen LogP contribution < -0.4 is 0 Å². The number of amides is 2. The van der Waals surface area contributed by atoms with Crippen molar-refractivity contribution in [1.82, 2.24) is 19.6 Å².